The van der Waals surface area contributed by atoms with E-state index in [0.717, 1.165) is 0 Å². The van der Waals surface area contributed by atoms with Crippen LogP contribution in [0.2, 0.25) is 0 Å². The van der Waals surface area contributed by atoms with Crippen molar-refractivity contribution in [3.8, 4) is 0 Å². The highest BCUT2D eigenvalue weighted by Gasteiger charge is 2.84. The smallest absolute Gasteiger partial charge is 0.240 e. The Bertz CT molecular complexity index is 520. The lowest BCUT2D eigenvalue weighted by Crippen LogP contribution is -2.57. The predicted molar refractivity (Wildman–Crippen MR) is 65.0 cm³/mol. The minimum Gasteiger partial charge on any atom is -0.392 e. The van der Waals surface area contributed by atoms with Gasteiger partial charge in [-0.15, -0.1) is 0 Å². The molecule has 0 radical (unpaired) electrons. The average Bonchev–Trinajstić information content (AvgIpc) is 2.97. The monoisotopic (exact) mass is 266 g/mol. The second-order valence-corrected chi connectivity index (χ2v) is 6.48. The first-order chi connectivity index (χ1) is 8.65. The highest BCUT2D eigenvalue weighted by molar-refractivity contribution is 6.07. The van der Waals surface area contributed by atoms with E-state index in [1.165, 1.54) is 13.0 Å². The zero-order valence-electron chi connectivity index (χ0n) is 11.3. The topological polar surface area (TPSA) is 83.8 Å². The summed E-state index contributed by atoms with van der Waals surface area (Å²) in [6.45, 7) is 4.97. The van der Waals surface area contributed by atoms with Crippen molar-refractivity contribution in [3.63, 3.8) is 0 Å². The van der Waals surface area contributed by atoms with E-state index in [-0.39, 0.29) is 23.7 Å². The van der Waals surface area contributed by atoms with E-state index < -0.39 is 28.7 Å². The van der Waals surface area contributed by atoms with Crippen molar-refractivity contribution in [1.29, 1.82) is 0 Å². The second kappa shape index (κ2) is 3.34. The number of hydrogen-bond donors (Lipinski definition) is 2. The van der Waals surface area contributed by atoms with Crippen LogP contribution in [0.5, 0.6) is 0 Å². The van der Waals surface area contributed by atoms with Gasteiger partial charge in [0.2, 0.25) is 11.6 Å². The SMILES string of the molecule is CC(=O)/C=C1\C[C@H](O)[C@]23C[C@H]2C(C)(C)O[C@]3(O)C1=O. The van der Waals surface area contributed by atoms with Gasteiger partial charge in [-0.3, -0.25) is 9.59 Å². The summed E-state index contributed by atoms with van der Waals surface area (Å²) >= 11 is 0. The van der Waals surface area contributed by atoms with Crippen LogP contribution in [0.3, 0.4) is 0 Å². The molecule has 2 saturated carbocycles. The quantitative estimate of drug-likeness (QED) is 0.669. The van der Waals surface area contributed by atoms with E-state index in [4.69, 9.17) is 4.74 Å². The number of carbonyl (C=O) groups is 2. The molecule has 4 atom stereocenters. The van der Waals surface area contributed by atoms with Crippen molar-refractivity contribution >= 4 is 11.6 Å². The van der Waals surface area contributed by atoms with Crippen molar-refractivity contribution in [2.75, 3.05) is 0 Å². The molecule has 3 aliphatic rings. The Labute approximate surface area is 111 Å². The molecule has 5 heteroatoms. The molecule has 1 saturated heterocycles. The lowest BCUT2D eigenvalue weighted by atomic mass is 9.73. The van der Waals surface area contributed by atoms with Crippen LogP contribution in [0.4, 0.5) is 0 Å². The fraction of sp³-hybridized carbons (Fsp3) is 0.714. The Balaban J connectivity index is 2.08. The lowest BCUT2D eigenvalue weighted by Gasteiger charge is -2.40. The zero-order chi connectivity index (χ0) is 14.2. The van der Waals surface area contributed by atoms with Gasteiger partial charge < -0.3 is 14.9 Å². The number of Topliss-reactive ketones (excluding diaryl/α,β-unsaturated/α-hetero) is 1. The molecule has 19 heavy (non-hydrogen) atoms. The predicted octanol–water partition coefficient (Wildman–Crippen LogP) is 0.339. The molecule has 5 nitrogen and oxygen atoms in total. The van der Waals surface area contributed by atoms with Gasteiger partial charge in [0.15, 0.2) is 5.78 Å². The number of allylic oxidation sites excluding steroid dienone is 1. The Kier molecular flexibility index (Phi) is 2.28. The van der Waals surface area contributed by atoms with Crippen LogP contribution in [-0.4, -0.2) is 39.3 Å². The second-order valence-electron chi connectivity index (χ2n) is 6.48. The summed E-state index contributed by atoms with van der Waals surface area (Å²) in [5.41, 5.74) is -1.38. The van der Waals surface area contributed by atoms with Crippen LogP contribution in [0.1, 0.15) is 33.6 Å². The maximum atomic E-state index is 12.4. The summed E-state index contributed by atoms with van der Waals surface area (Å²) in [6.07, 6.45) is 1.02. The van der Waals surface area contributed by atoms with Gasteiger partial charge in [-0.05, 0) is 33.3 Å². The highest BCUT2D eigenvalue weighted by atomic mass is 16.7. The molecule has 0 aromatic carbocycles. The third-order valence-corrected chi connectivity index (χ3v) is 4.87. The van der Waals surface area contributed by atoms with E-state index in [9.17, 15) is 19.8 Å². The minimum absolute atomic E-state index is 0.0252. The fourth-order valence-electron chi connectivity index (χ4n) is 3.99. The van der Waals surface area contributed by atoms with E-state index in [0.29, 0.717) is 6.42 Å². The number of carbonyl (C=O) groups excluding carboxylic acids is 2. The normalized spacial score (nSPS) is 48.9. The molecule has 0 bridgehead atoms. The third kappa shape index (κ3) is 1.35. The average molecular weight is 266 g/mol. The van der Waals surface area contributed by atoms with Crippen molar-refractivity contribution in [2.45, 2.75) is 51.1 Å². The fourth-order valence-corrected chi connectivity index (χ4v) is 3.99. The number of hydrogen-bond acceptors (Lipinski definition) is 5. The molecular weight excluding hydrogens is 248 g/mol. The van der Waals surface area contributed by atoms with Gasteiger partial charge in [0.05, 0.1) is 17.1 Å². The lowest BCUT2D eigenvalue weighted by molar-refractivity contribution is -0.255. The molecule has 0 unspecified atom stereocenters. The summed E-state index contributed by atoms with van der Waals surface area (Å²) in [5.74, 6) is -2.86. The van der Waals surface area contributed by atoms with E-state index in [2.05, 4.69) is 0 Å². The number of aliphatic hydroxyl groups excluding tert-OH is 1. The molecule has 3 fully saturated rings. The van der Waals surface area contributed by atoms with Gasteiger partial charge in [-0.2, -0.15) is 0 Å². The van der Waals surface area contributed by atoms with Crippen LogP contribution in [0.15, 0.2) is 11.6 Å². The van der Waals surface area contributed by atoms with Crippen LogP contribution in [0, 0.1) is 11.3 Å². The van der Waals surface area contributed by atoms with Crippen LogP contribution in [-0.2, 0) is 14.3 Å². The molecular formula is C14H18O5. The summed E-state index contributed by atoms with van der Waals surface area (Å²) in [6, 6.07) is 0. The third-order valence-electron chi connectivity index (χ3n) is 4.87. The van der Waals surface area contributed by atoms with E-state index in [1.807, 2.05) is 13.8 Å². The highest BCUT2D eigenvalue weighted by Crippen LogP contribution is 2.75. The van der Waals surface area contributed by atoms with Gasteiger partial charge in [-0.25, -0.2) is 0 Å². The van der Waals surface area contributed by atoms with Crippen LogP contribution < -0.4 is 0 Å². The zero-order valence-corrected chi connectivity index (χ0v) is 11.3. The Morgan fingerprint density at radius 1 is 1.47 bits per heavy atom. The van der Waals surface area contributed by atoms with Crippen molar-refractivity contribution in [3.05, 3.63) is 11.6 Å². The summed E-state index contributed by atoms with van der Waals surface area (Å²) in [4.78, 5) is 23.6. The van der Waals surface area contributed by atoms with Gasteiger partial charge in [0.1, 0.15) is 0 Å². The maximum Gasteiger partial charge on any atom is 0.240 e. The van der Waals surface area contributed by atoms with Gasteiger partial charge in [0.25, 0.3) is 0 Å². The molecule has 1 aliphatic heterocycles. The number of aliphatic hydroxyl groups is 2. The standard InChI is InChI=1S/C14H18O5/c1-7(15)4-8-5-10(16)13-6-9(13)12(2,3)19-14(13,18)11(8)17/h4,9-10,16,18H,5-6H2,1-3H3/b8-4+/t9-,10-,13-,14+/m0/s1. The molecule has 104 valence electrons. The van der Waals surface area contributed by atoms with E-state index in [1.54, 1.807) is 0 Å². The molecule has 1 heterocycles. The number of ether oxygens (including phenoxy) is 1. The molecule has 0 aromatic rings. The van der Waals surface area contributed by atoms with Crippen molar-refractivity contribution in [2.24, 2.45) is 11.3 Å². The molecule has 3 rings (SSSR count). The van der Waals surface area contributed by atoms with E-state index >= 15 is 0 Å². The molecule has 2 aliphatic carbocycles. The Morgan fingerprint density at radius 2 is 2.11 bits per heavy atom. The Morgan fingerprint density at radius 3 is 2.63 bits per heavy atom. The minimum atomic E-state index is -1.99. The van der Waals surface area contributed by atoms with Crippen LogP contribution >= 0.6 is 0 Å². The van der Waals surface area contributed by atoms with Crippen molar-refractivity contribution in [1.82, 2.24) is 0 Å². The van der Waals surface area contributed by atoms with Gasteiger partial charge >= 0.3 is 0 Å². The first-order valence-electron chi connectivity index (χ1n) is 6.52. The first kappa shape index (κ1) is 13.0. The number of ketones is 2. The summed E-state index contributed by atoms with van der Waals surface area (Å²) in [5, 5.41) is 21.0. The molecule has 0 aromatic heterocycles. The van der Waals surface area contributed by atoms with Gasteiger partial charge in [-0.1, -0.05) is 0 Å². The van der Waals surface area contributed by atoms with Crippen LogP contribution in [0.25, 0.3) is 0 Å². The molecule has 0 amide bonds. The summed E-state index contributed by atoms with van der Waals surface area (Å²) < 4.78 is 5.58. The Hall–Kier alpha value is -1.04. The number of rotatable bonds is 1. The van der Waals surface area contributed by atoms with Crippen molar-refractivity contribution < 1.29 is 24.5 Å². The molecule has 1 spiro atoms. The first-order valence-corrected chi connectivity index (χ1v) is 6.52. The maximum absolute atomic E-state index is 12.4. The summed E-state index contributed by atoms with van der Waals surface area (Å²) in [7, 11) is 0. The molecule has 2 N–H and O–H groups in total. The largest absolute Gasteiger partial charge is 0.392 e. The van der Waals surface area contributed by atoms with Gasteiger partial charge in [0, 0.05) is 17.9 Å².